The van der Waals surface area contributed by atoms with Gasteiger partial charge in [-0.1, -0.05) is 0 Å². The van der Waals surface area contributed by atoms with Crippen LogP contribution in [0, 0.1) is 0 Å². The van der Waals surface area contributed by atoms with Gasteiger partial charge in [0.15, 0.2) is 0 Å². The van der Waals surface area contributed by atoms with E-state index in [1.54, 1.807) is 19.1 Å². The summed E-state index contributed by atoms with van der Waals surface area (Å²) in [6.45, 7) is 1.79. The summed E-state index contributed by atoms with van der Waals surface area (Å²) >= 11 is 0. The Balaban J connectivity index is 2.05. The molecule has 2 aromatic heterocycles. The highest BCUT2D eigenvalue weighted by Gasteiger charge is 2.14. The molecule has 0 saturated carbocycles. The van der Waals surface area contributed by atoms with Crippen LogP contribution in [0.2, 0.25) is 0 Å². The zero-order chi connectivity index (χ0) is 13.8. The van der Waals surface area contributed by atoms with Crippen LogP contribution < -0.4 is 5.32 Å². The molecule has 1 atom stereocenters. The standard InChI is InChI=1S/C13H12N2O4/c1-8(11-3-2-6-19-11)15-12(16)9-4-5-10(13(17)18)14-7-9/h2-8H,1H3,(H,15,16)(H,17,18). The number of nitrogens with one attached hydrogen (secondary N) is 1. The predicted octanol–water partition coefficient (Wildman–Crippen LogP) is 1.86. The summed E-state index contributed by atoms with van der Waals surface area (Å²) in [6.07, 6.45) is 2.76. The highest BCUT2D eigenvalue weighted by atomic mass is 16.4. The van der Waals surface area contributed by atoms with Crippen molar-refractivity contribution in [2.24, 2.45) is 0 Å². The van der Waals surface area contributed by atoms with E-state index in [0.29, 0.717) is 11.3 Å². The molecular formula is C13H12N2O4. The molecule has 0 aliphatic rings. The van der Waals surface area contributed by atoms with Crippen LogP contribution in [-0.2, 0) is 0 Å². The van der Waals surface area contributed by atoms with Crippen LogP contribution in [0.5, 0.6) is 0 Å². The van der Waals surface area contributed by atoms with Gasteiger partial charge >= 0.3 is 5.97 Å². The Morgan fingerprint density at radius 1 is 1.37 bits per heavy atom. The molecule has 2 heterocycles. The number of rotatable bonds is 4. The smallest absolute Gasteiger partial charge is 0.354 e. The lowest BCUT2D eigenvalue weighted by Crippen LogP contribution is -2.26. The third-order valence-corrected chi connectivity index (χ3v) is 2.56. The second-order valence-corrected chi connectivity index (χ2v) is 3.95. The SMILES string of the molecule is CC(NC(=O)c1ccc(C(=O)O)nc1)c1ccco1. The van der Waals surface area contributed by atoms with Crippen molar-refractivity contribution in [3.05, 3.63) is 53.7 Å². The summed E-state index contributed by atoms with van der Waals surface area (Å²) < 4.78 is 5.17. The summed E-state index contributed by atoms with van der Waals surface area (Å²) in [7, 11) is 0. The lowest BCUT2D eigenvalue weighted by atomic mass is 10.2. The number of pyridine rings is 1. The Hall–Kier alpha value is -2.63. The predicted molar refractivity (Wildman–Crippen MR) is 65.8 cm³/mol. The molecule has 0 aliphatic carbocycles. The Morgan fingerprint density at radius 3 is 2.68 bits per heavy atom. The van der Waals surface area contributed by atoms with Crippen molar-refractivity contribution in [3.8, 4) is 0 Å². The molecule has 0 radical (unpaired) electrons. The first-order chi connectivity index (χ1) is 9.08. The van der Waals surface area contributed by atoms with Crippen LogP contribution in [-0.4, -0.2) is 22.0 Å². The Kier molecular flexibility index (Phi) is 3.61. The lowest BCUT2D eigenvalue weighted by molar-refractivity contribution is 0.0689. The van der Waals surface area contributed by atoms with Crippen LogP contribution in [0.1, 0.15) is 39.6 Å². The van der Waals surface area contributed by atoms with Gasteiger partial charge in [0.1, 0.15) is 11.5 Å². The normalized spacial score (nSPS) is 11.8. The minimum atomic E-state index is -1.13. The second-order valence-electron chi connectivity index (χ2n) is 3.95. The number of aromatic nitrogens is 1. The molecule has 2 aromatic rings. The molecule has 98 valence electrons. The number of hydrogen-bond acceptors (Lipinski definition) is 4. The van der Waals surface area contributed by atoms with Gasteiger partial charge in [0.2, 0.25) is 0 Å². The van der Waals surface area contributed by atoms with E-state index in [4.69, 9.17) is 9.52 Å². The highest BCUT2D eigenvalue weighted by Crippen LogP contribution is 2.13. The molecule has 0 aromatic carbocycles. The average molecular weight is 260 g/mol. The van der Waals surface area contributed by atoms with Gasteiger partial charge in [-0.05, 0) is 31.2 Å². The van der Waals surface area contributed by atoms with Gasteiger partial charge in [-0.2, -0.15) is 0 Å². The van der Waals surface area contributed by atoms with E-state index >= 15 is 0 Å². The average Bonchev–Trinajstić information content (AvgIpc) is 2.92. The minimum absolute atomic E-state index is 0.101. The minimum Gasteiger partial charge on any atom is -0.477 e. The topological polar surface area (TPSA) is 92.4 Å². The largest absolute Gasteiger partial charge is 0.477 e. The van der Waals surface area contributed by atoms with Gasteiger partial charge in [0.25, 0.3) is 5.91 Å². The van der Waals surface area contributed by atoms with Gasteiger partial charge < -0.3 is 14.8 Å². The number of aromatic carboxylic acids is 1. The van der Waals surface area contributed by atoms with Gasteiger partial charge in [-0.3, -0.25) is 4.79 Å². The quantitative estimate of drug-likeness (QED) is 0.875. The van der Waals surface area contributed by atoms with E-state index in [-0.39, 0.29) is 17.6 Å². The molecular weight excluding hydrogens is 248 g/mol. The molecule has 0 saturated heterocycles. The summed E-state index contributed by atoms with van der Waals surface area (Å²) in [5.74, 6) is -0.826. The summed E-state index contributed by atoms with van der Waals surface area (Å²) in [5.41, 5.74) is 0.194. The monoisotopic (exact) mass is 260 g/mol. The molecule has 19 heavy (non-hydrogen) atoms. The molecule has 2 rings (SSSR count). The van der Waals surface area contributed by atoms with E-state index in [1.807, 2.05) is 0 Å². The van der Waals surface area contributed by atoms with E-state index < -0.39 is 5.97 Å². The Bertz CT molecular complexity index is 575. The second kappa shape index (κ2) is 5.34. The molecule has 1 unspecified atom stereocenters. The number of carbonyl (C=O) groups is 2. The maximum Gasteiger partial charge on any atom is 0.354 e. The summed E-state index contributed by atoms with van der Waals surface area (Å²) in [6, 6.07) is 5.93. The van der Waals surface area contributed by atoms with Crippen molar-refractivity contribution < 1.29 is 19.1 Å². The van der Waals surface area contributed by atoms with Crippen molar-refractivity contribution in [1.29, 1.82) is 0 Å². The lowest BCUT2D eigenvalue weighted by Gasteiger charge is -2.11. The fraction of sp³-hybridized carbons (Fsp3) is 0.154. The molecule has 0 fully saturated rings. The number of hydrogen-bond donors (Lipinski definition) is 2. The van der Waals surface area contributed by atoms with Crippen LogP contribution in [0.15, 0.2) is 41.1 Å². The zero-order valence-corrected chi connectivity index (χ0v) is 10.2. The van der Waals surface area contributed by atoms with Crippen LogP contribution in [0.25, 0.3) is 0 Å². The first-order valence-corrected chi connectivity index (χ1v) is 5.61. The zero-order valence-electron chi connectivity index (χ0n) is 10.2. The van der Waals surface area contributed by atoms with E-state index in [0.717, 1.165) is 0 Å². The number of carbonyl (C=O) groups excluding carboxylic acids is 1. The molecule has 1 amide bonds. The van der Waals surface area contributed by atoms with Crippen LogP contribution in [0.4, 0.5) is 0 Å². The van der Waals surface area contributed by atoms with Crippen molar-refractivity contribution in [3.63, 3.8) is 0 Å². The first kappa shape index (κ1) is 12.8. The summed E-state index contributed by atoms with van der Waals surface area (Å²) in [5, 5.41) is 11.4. The molecule has 0 aliphatic heterocycles. The molecule has 2 N–H and O–H groups in total. The fourth-order valence-electron chi connectivity index (χ4n) is 1.54. The number of amides is 1. The number of carboxylic acid groups (broad SMARTS) is 1. The summed E-state index contributed by atoms with van der Waals surface area (Å²) in [4.78, 5) is 26.2. The van der Waals surface area contributed by atoms with Gasteiger partial charge in [-0.25, -0.2) is 9.78 Å². The highest BCUT2D eigenvalue weighted by molar-refractivity contribution is 5.95. The molecule has 6 heteroatoms. The van der Waals surface area contributed by atoms with Crippen molar-refractivity contribution in [2.45, 2.75) is 13.0 Å². The van der Waals surface area contributed by atoms with Gasteiger partial charge in [0, 0.05) is 6.20 Å². The van der Waals surface area contributed by atoms with Crippen molar-refractivity contribution in [2.75, 3.05) is 0 Å². The maximum atomic E-state index is 11.9. The number of carboxylic acids is 1. The first-order valence-electron chi connectivity index (χ1n) is 5.61. The van der Waals surface area contributed by atoms with Crippen LogP contribution >= 0.6 is 0 Å². The van der Waals surface area contributed by atoms with Crippen LogP contribution in [0.3, 0.4) is 0 Å². The molecule has 0 bridgehead atoms. The van der Waals surface area contributed by atoms with E-state index in [2.05, 4.69) is 10.3 Å². The third kappa shape index (κ3) is 2.98. The molecule has 6 nitrogen and oxygen atoms in total. The molecule has 0 spiro atoms. The van der Waals surface area contributed by atoms with E-state index in [1.165, 1.54) is 24.6 Å². The van der Waals surface area contributed by atoms with Gasteiger partial charge in [0.05, 0.1) is 17.9 Å². The third-order valence-electron chi connectivity index (χ3n) is 2.56. The number of furan rings is 1. The van der Waals surface area contributed by atoms with Crippen molar-refractivity contribution in [1.82, 2.24) is 10.3 Å². The number of nitrogens with zero attached hydrogens (tertiary/aromatic N) is 1. The maximum absolute atomic E-state index is 11.9. The van der Waals surface area contributed by atoms with Gasteiger partial charge in [-0.15, -0.1) is 0 Å². The Labute approximate surface area is 109 Å². The Morgan fingerprint density at radius 2 is 2.16 bits per heavy atom. The fourth-order valence-corrected chi connectivity index (χ4v) is 1.54. The van der Waals surface area contributed by atoms with E-state index in [9.17, 15) is 9.59 Å². The van der Waals surface area contributed by atoms with Crippen molar-refractivity contribution >= 4 is 11.9 Å².